The number of benzene rings is 1. The van der Waals surface area contributed by atoms with Crippen molar-refractivity contribution in [2.45, 2.75) is 31.5 Å². The van der Waals surface area contributed by atoms with Gasteiger partial charge in [0.25, 0.3) is 0 Å². The summed E-state index contributed by atoms with van der Waals surface area (Å²) in [5, 5.41) is 22.1. The summed E-state index contributed by atoms with van der Waals surface area (Å²) < 4.78 is 0. The van der Waals surface area contributed by atoms with Gasteiger partial charge in [0.15, 0.2) is 17.0 Å². The number of nitrogens with one attached hydrogen (secondary N) is 2. The van der Waals surface area contributed by atoms with Gasteiger partial charge in [-0.1, -0.05) is 30.3 Å². The van der Waals surface area contributed by atoms with E-state index in [1.54, 1.807) is 12.1 Å². The van der Waals surface area contributed by atoms with Crippen LogP contribution in [0.5, 0.6) is 0 Å². The van der Waals surface area contributed by atoms with Gasteiger partial charge in [0, 0.05) is 13.0 Å². The third-order valence-electron chi connectivity index (χ3n) is 3.10. The molecule has 0 saturated heterocycles. The number of nitrogens with two attached hydrogens (primary N) is 2. The molecule has 1 rings (SSSR count). The maximum absolute atomic E-state index is 12.1. The van der Waals surface area contributed by atoms with E-state index in [2.05, 4.69) is 10.3 Å². The van der Waals surface area contributed by atoms with E-state index in [0.29, 0.717) is 6.42 Å². The van der Waals surface area contributed by atoms with E-state index < -0.39 is 23.2 Å². The SMILES string of the molecule is NC(N)=NCCCC(N[N+](=O)[O-])C(=O)NC(O)Cc1ccccc1. The monoisotopic (exact) mass is 338 g/mol. The van der Waals surface area contributed by atoms with Crippen molar-refractivity contribution in [1.29, 1.82) is 0 Å². The van der Waals surface area contributed by atoms with Crippen LogP contribution in [0, 0.1) is 10.1 Å². The molecule has 24 heavy (non-hydrogen) atoms. The Morgan fingerprint density at radius 2 is 2.00 bits per heavy atom. The summed E-state index contributed by atoms with van der Waals surface area (Å²) in [4.78, 5) is 26.4. The predicted octanol–water partition coefficient (Wildman–Crippen LogP) is -1.13. The van der Waals surface area contributed by atoms with Crippen LogP contribution in [-0.4, -0.2) is 40.8 Å². The molecule has 0 radical (unpaired) electrons. The minimum absolute atomic E-state index is 0.0866. The summed E-state index contributed by atoms with van der Waals surface area (Å²) in [7, 11) is 0. The van der Waals surface area contributed by atoms with Crippen molar-refractivity contribution in [3.05, 3.63) is 46.0 Å². The molecule has 7 N–H and O–H groups in total. The Kier molecular flexibility index (Phi) is 7.99. The third-order valence-corrected chi connectivity index (χ3v) is 3.10. The van der Waals surface area contributed by atoms with E-state index in [9.17, 15) is 20.0 Å². The lowest BCUT2D eigenvalue weighted by molar-refractivity contribution is -0.548. The first-order chi connectivity index (χ1) is 11.4. The molecule has 10 nitrogen and oxygen atoms in total. The zero-order valence-corrected chi connectivity index (χ0v) is 13.1. The molecule has 0 aromatic heterocycles. The molecule has 1 aromatic rings. The zero-order valence-electron chi connectivity index (χ0n) is 13.1. The smallest absolute Gasteiger partial charge is 0.250 e. The van der Waals surface area contributed by atoms with Crippen molar-refractivity contribution in [1.82, 2.24) is 10.7 Å². The fourth-order valence-electron chi connectivity index (χ4n) is 2.04. The summed E-state index contributed by atoms with van der Waals surface area (Å²) in [5.41, 5.74) is 13.1. The molecular formula is C14H22N6O4. The number of aliphatic hydroxyl groups excluding tert-OH is 1. The highest BCUT2D eigenvalue weighted by Crippen LogP contribution is 2.03. The van der Waals surface area contributed by atoms with E-state index >= 15 is 0 Å². The number of carbonyl (C=O) groups excluding carboxylic acids is 1. The van der Waals surface area contributed by atoms with E-state index in [1.165, 1.54) is 0 Å². The number of carbonyl (C=O) groups is 1. The van der Waals surface area contributed by atoms with Gasteiger partial charge in [0.05, 0.1) is 0 Å². The average Bonchev–Trinajstić information content (AvgIpc) is 2.50. The molecular weight excluding hydrogens is 316 g/mol. The molecule has 10 heteroatoms. The Morgan fingerprint density at radius 1 is 1.33 bits per heavy atom. The first-order valence-electron chi connectivity index (χ1n) is 7.37. The van der Waals surface area contributed by atoms with Gasteiger partial charge in [-0.15, -0.1) is 5.43 Å². The highest BCUT2D eigenvalue weighted by atomic mass is 16.7. The summed E-state index contributed by atoms with van der Waals surface area (Å²) in [5.74, 6) is -0.753. The summed E-state index contributed by atoms with van der Waals surface area (Å²) >= 11 is 0. The first-order valence-corrected chi connectivity index (χ1v) is 7.37. The molecule has 1 aromatic carbocycles. The van der Waals surface area contributed by atoms with Crippen LogP contribution in [0.15, 0.2) is 35.3 Å². The number of nitro groups is 1. The molecule has 0 heterocycles. The summed E-state index contributed by atoms with van der Waals surface area (Å²) in [6.07, 6.45) is -0.437. The lowest BCUT2D eigenvalue weighted by atomic mass is 10.1. The van der Waals surface area contributed by atoms with Crippen molar-refractivity contribution in [2.75, 3.05) is 6.54 Å². The molecule has 0 aliphatic heterocycles. The van der Waals surface area contributed by atoms with Crippen LogP contribution in [0.25, 0.3) is 0 Å². The molecule has 0 fully saturated rings. The van der Waals surface area contributed by atoms with E-state index in [-0.39, 0.29) is 25.3 Å². The normalized spacial score (nSPS) is 12.7. The fraction of sp³-hybridized carbons (Fsp3) is 0.429. The van der Waals surface area contributed by atoms with Crippen molar-refractivity contribution < 1.29 is 14.9 Å². The van der Waals surface area contributed by atoms with Gasteiger partial charge in [0.2, 0.25) is 5.91 Å². The molecule has 2 atom stereocenters. The number of guanidine groups is 1. The number of hydrogen-bond acceptors (Lipinski definition) is 5. The second-order valence-corrected chi connectivity index (χ2v) is 5.10. The van der Waals surface area contributed by atoms with Crippen LogP contribution >= 0.6 is 0 Å². The van der Waals surface area contributed by atoms with Gasteiger partial charge < -0.3 is 21.9 Å². The van der Waals surface area contributed by atoms with Crippen molar-refractivity contribution >= 4 is 11.9 Å². The van der Waals surface area contributed by atoms with Crippen LogP contribution in [0.1, 0.15) is 18.4 Å². The maximum atomic E-state index is 12.1. The second kappa shape index (κ2) is 10.0. The molecule has 0 bridgehead atoms. The van der Waals surface area contributed by atoms with E-state index in [1.807, 2.05) is 23.6 Å². The second-order valence-electron chi connectivity index (χ2n) is 5.10. The van der Waals surface area contributed by atoms with Crippen LogP contribution in [0.3, 0.4) is 0 Å². The summed E-state index contributed by atoms with van der Waals surface area (Å²) in [6, 6.07) is 7.96. The van der Waals surface area contributed by atoms with Crippen LogP contribution in [-0.2, 0) is 11.2 Å². The van der Waals surface area contributed by atoms with Gasteiger partial charge in [0.1, 0.15) is 6.23 Å². The third kappa shape index (κ3) is 7.94. The fourth-order valence-corrected chi connectivity index (χ4v) is 2.04. The highest BCUT2D eigenvalue weighted by Gasteiger charge is 2.24. The van der Waals surface area contributed by atoms with Crippen molar-refractivity contribution in [3.63, 3.8) is 0 Å². The minimum Gasteiger partial charge on any atom is -0.373 e. The number of rotatable bonds is 10. The van der Waals surface area contributed by atoms with Crippen molar-refractivity contribution in [3.8, 4) is 0 Å². The maximum Gasteiger partial charge on any atom is 0.250 e. The Balaban J connectivity index is 2.53. The minimum atomic E-state index is -1.14. The molecule has 0 aliphatic rings. The number of hydrazine groups is 1. The number of aliphatic imine (C=N–C) groups is 1. The number of aliphatic hydroxyl groups is 1. The van der Waals surface area contributed by atoms with Crippen molar-refractivity contribution in [2.24, 2.45) is 16.5 Å². The first kappa shape index (κ1) is 19.2. The van der Waals surface area contributed by atoms with Gasteiger partial charge in [-0.2, -0.15) is 0 Å². The predicted molar refractivity (Wildman–Crippen MR) is 88.1 cm³/mol. The molecule has 132 valence electrons. The van der Waals surface area contributed by atoms with Crippen LogP contribution < -0.4 is 22.2 Å². The summed E-state index contributed by atoms with van der Waals surface area (Å²) in [6.45, 7) is 0.248. The van der Waals surface area contributed by atoms with Gasteiger partial charge >= 0.3 is 0 Å². The van der Waals surface area contributed by atoms with Gasteiger partial charge in [-0.25, -0.2) is 10.1 Å². The van der Waals surface area contributed by atoms with Crippen LogP contribution in [0.4, 0.5) is 0 Å². The zero-order chi connectivity index (χ0) is 17.9. The van der Waals surface area contributed by atoms with Gasteiger partial charge in [-0.3, -0.25) is 9.79 Å². The van der Waals surface area contributed by atoms with E-state index in [0.717, 1.165) is 5.56 Å². The molecule has 0 saturated carbocycles. The number of amides is 1. The van der Waals surface area contributed by atoms with Crippen LogP contribution in [0.2, 0.25) is 0 Å². The molecule has 0 spiro atoms. The molecule has 2 unspecified atom stereocenters. The highest BCUT2D eigenvalue weighted by molar-refractivity contribution is 5.81. The number of hydrogen-bond donors (Lipinski definition) is 5. The lowest BCUT2D eigenvalue weighted by Gasteiger charge is -2.17. The standard InChI is InChI=1S/C14H22N6O4/c15-14(16)17-8-4-7-11(19-20(23)24)13(22)18-12(21)9-10-5-2-1-3-6-10/h1-3,5-6,11-12,19,21H,4,7-9H2,(H,18,22)(H4,15,16,17). The topological polar surface area (TPSA) is 169 Å². The Morgan fingerprint density at radius 3 is 2.58 bits per heavy atom. The quantitative estimate of drug-likeness (QED) is 0.0897. The number of nitrogens with zero attached hydrogens (tertiary/aromatic N) is 2. The van der Waals surface area contributed by atoms with E-state index in [4.69, 9.17) is 11.5 Å². The van der Waals surface area contributed by atoms with Gasteiger partial charge in [-0.05, 0) is 18.4 Å². The molecule has 1 amide bonds. The molecule has 0 aliphatic carbocycles. The largest absolute Gasteiger partial charge is 0.373 e. The Labute approximate surface area is 139 Å². The average molecular weight is 338 g/mol. The Bertz CT molecular complexity index is 562. The lowest BCUT2D eigenvalue weighted by Crippen LogP contribution is -2.50. The Hall–Kier alpha value is -2.88.